The van der Waals surface area contributed by atoms with Crippen molar-refractivity contribution in [2.24, 2.45) is 23.7 Å². The van der Waals surface area contributed by atoms with Crippen LogP contribution in [0.5, 0.6) is 5.75 Å². The summed E-state index contributed by atoms with van der Waals surface area (Å²) in [6.07, 6.45) is 1.55. The maximum absolute atomic E-state index is 14.3. The predicted octanol–water partition coefficient (Wildman–Crippen LogP) is 4.54. The van der Waals surface area contributed by atoms with Gasteiger partial charge in [-0.2, -0.15) is 0 Å². The van der Waals surface area contributed by atoms with E-state index in [9.17, 15) is 24.3 Å². The highest BCUT2D eigenvalue weighted by Crippen LogP contribution is 2.30. The number of likely N-dealkylation sites (tertiary alicyclic amines) is 1. The first kappa shape index (κ1) is 48.9. The van der Waals surface area contributed by atoms with Gasteiger partial charge in [0, 0.05) is 45.8 Å². The van der Waals surface area contributed by atoms with Gasteiger partial charge in [0.15, 0.2) is 0 Å². The van der Waals surface area contributed by atoms with Gasteiger partial charge < -0.3 is 40.2 Å². The van der Waals surface area contributed by atoms with Gasteiger partial charge in [-0.3, -0.25) is 19.3 Å². The fourth-order valence-electron chi connectivity index (χ4n) is 7.88. The Morgan fingerprint density at radius 3 is 2.07 bits per heavy atom. The van der Waals surface area contributed by atoms with Gasteiger partial charge in [-0.25, -0.2) is 4.79 Å². The van der Waals surface area contributed by atoms with E-state index in [1.807, 2.05) is 25.8 Å². The van der Waals surface area contributed by atoms with E-state index in [4.69, 9.17) is 14.2 Å². The largest absolute Gasteiger partial charge is 0.508 e. The number of amides is 3. The molecule has 0 aliphatic carbocycles. The molecule has 1 fully saturated rings. The number of esters is 1. The summed E-state index contributed by atoms with van der Waals surface area (Å²) < 4.78 is 17.8. The van der Waals surface area contributed by atoms with Crippen LogP contribution in [0.4, 0.5) is 0 Å². The van der Waals surface area contributed by atoms with Crippen LogP contribution in [0.3, 0.4) is 0 Å². The fraction of sp³-hybridized carbons (Fsp3) is 0.767. The molecule has 9 atom stereocenters. The molecule has 4 N–H and O–H groups in total. The summed E-state index contributed by atoms with van der Waals surface area (Å²) in [5.74, 6) is -1.16. The van der Waals surface area contributed by atoms with Crippen LogP contribution in [0.2, 0.25) is 0 Å². The van der Waals surface area contributed by atoms with E-state index in [-0.39, 0.29) is 78.2 Å². The number of carbonyl (C=O) groups is 4. The highest BCUT2D eigenvalue weighted by molar-refractivity contribution is 5.86. The lowest BCUT2D eigenvalue weighted by Gasteiger charge is -2.41. The number of benzene rings is 1. The lowest BCUT2D eigenvalue weighted by Crippen LogP contribution is -2.57. The van der Waals surface area contributed by atoms with Crippen LogP contribution in [0.15, 0.2) is 24.3 Å². The van der Waals surface area contributed by atoms with Crippen LogP contribution in [0, 0.1) is 23.7 Å². The minimum atomic E-state index is -0.979. The van der Waals surface area contributed by atoms with Crippen molar-refractivity contribution in [1.29, 1.82) is 0 Å². The highest BCUT2D eigenvalue weighted by atomic mass is 16.6. The Balaban J connectivity index is 2.27. The number of aromatic hydroxyl groups is 1. The zero-order valence-corrected chi connectivity index (χ0v) is 36.8. The van der Waals surface area contributed by atoms with Gasteiger partial charge in [0.2, 0.25) is 17.7 Å². The van der Waals surface area contributed by atoms with Crippen LogP contribution in [-0.2, 0) is 39.8 Å². The Morgan fingerprint density at radius 1 is 0.946 bits per heavy atom. The van der Waals surface area contributed by atoms with Crippen molar-refractivity contribution in [2.45, 2.75) is 149 Å². The summed E-state index contributed by atoms with van der Waals surface area (Å²) in [5, 5.41) is 19.1. The number of rotatable bonds is 22. The molecule has 0 radical (unpaired) electrons. The molecule has 56 heavy (non-hydrogen) atoms. The molecule has 1 unspecified atom stereocenters. The molecule has 0 aromatic heterocycles. The molecular weight excluding hydrogens is 714 g/mol. The second-order valence-electron chi connectivity index (χ2n) is 17.4. The molecule has 1 aliphatic rings. The molecule has 0 saturated carbocycles. The minimum Gasteiger partial charge on any atom is -0.508 e. The van der Waals surface area contributed by atoms with E-state index < -0.39 is 35.7 Å². The third-order valence-electron chi connectivity index (χ3n) is 11.2. The van der Waals surface area contributed by atoms with Crippen LogP contribution in [0.25, 0.3) is 0 Å². The first-order valence-electron chi connectivity index (χ1n) is 20.5. The highest BCUT2D eigenvalue weighted by Gasteiger charge is 2.42. The zero-order valence-electron chi connectivity index (χ0n) is 36.8. The number of carbonyl (C=O) groups excluding carboxylic acids is 4. The number of methoxy groups -OCH3 is 2. The Bertz CT molecular complexity index is 1380. The Labute approximate surface area is 337 Å². The van der Waals surface area contributed by atoms with Crippen molar-refractivity contribution in [3.63, 3.8) is 0 Å². The van der Waals surface area contributed by atoms with E-state index in [2.05, 4.69) is 48.5 Å². The number of likely N-dealkylation sites (N-methyl/N-ethyl adjacent to an activating group) is 2. The standard InChI is InChI=1S/C43H75N5O8/c1-15-28(6)38(47(12)25-33(26(2)3)46-41(52)37(44-11)27(4)5)35(54-13)24-36(50)48-22-16-17-34(48)39(55-14)29(7)40(51)45-32(42(53)56-43(8,9)10)23-30-18-20-31(49)21-19-30/h18-21,26-29,32-35,37-39,44,49H,15-17,22-25H2,1-14H3,(H,45,51)(H,46,52)/t28-,29+,32?,33+,34-,35+,37-,38-,39+/m0/s1. The summed E-state index contributed by atoms with van der Waals surface area (Å²) in [5.41, 5.74) is -0.0202. The smallest absolute Gasteiger partial charge is 0.329 e. The molecule has 1 aliphatic heterocycles. The molecule has 0 bridgehead atoms. The summed E-state index contributed by atoms with van der Waals surface area (Å²) in [6, 6.07) is 4.61. The van der Waals surface area contributed by atoms with Crippen molar-refractivity contribution in [1.82, 2.24) is 25.8 Å². The zero-order chi connectivity index (χ0) is 42.5. The molecule has 13 nitrogen and oxygen atoms in total. The average Bonchev–Trinajstić information content (AvgIpc) is 3.60. The number of hydrogen-bond acceptors (Lipinski definition) is 10. The van der Waals surface area contributed by atoms with Crippen LogP contribution in [-0.4, -0.2) is 128 Å². The fourth-order valence-corrected chi connectivity index (χ4v) is 7.88. The number of hydrogen-bond donors (Lipinski definition) is 4. The van der Waals surface area contributed by atoms with Crippen molar-refractivity contribution in [3.8, 4) is 5.75 Å². The number of phenols is 1. The van der Waals surface area contributed by atoms with E-state index in [1.165, 1.54) is 12.1 Å². The Morgan fingerprint density at radius 2 is 1.57 bits per heavy atom. The first-order chi connectivity index (χ1) is 26.2. The Kier molecular flexibility index (Phi) is 19.7. The second-order valence-corrected chi connectivity index (χ2v) is 17.4. The van der Waals surface area contributed by atoms with E-state index in [0.717, 1.165) is 18.4 Å². The summed E-state index contributed by atoms with van der Waals surface area (Å²) in [6.45, 7) is 20.7. The van der Waals surface area contributed by atoms with Gasteiger partial charge in [0.1, 0.15) is 17.4 Å². The molecule has 3 amide bonds. The molecule has 13 heteroatoms. The third kappa shape index (κ3) is 14.3. The lowest BCUT2D eigenvalue weighted by atomic mass is 9.89. The number of nitrogens with zero attached hydrogens (tertiary/aromatic N) is 2. The van der Waals surface area contributed by atoms with E-state index in [0.29, 0.717) is 19.5 Å². The lowest BCUT2D eigenvalue weighted by molar-refractivity contribution is -0.159. The van der Waals surface area contributed by atoms with Gasteiger partial charge in [-0.15, -0.1) is 0 Å². The monoisotopic (exact) mass is 790 g/mol. The SMILES string of the molecule is CC[C@H](C)[C@@H]([C@@H](CC(=O)N1CCC[C@H]1[C@H](OC)[C@@H](C)C(=O)NC(Cc1ccc(O)cc1)C(=O)OC(C)(C)C)OC)N(C)C[C@@H](NC(=O)[C@@H](NC)C(C)C)C(C)C. The average molecular weight is 790 g/mol. The van der Waals surface area contributed by atoms with Crippen molar-refractivity contribution >= 4 is 23.7 Å². The Hall–Kier alpha value is -3.26. The van der Waals surface area contributed by atoms with Gasteiger partial charge >= 0.3 is 5.97 Å². The molecule has 1 aromatic rings. The van der Waals surface area contributed by atoms with Crippen LogP contribution < -0.4 is 16.0 Å². The first-order valence-corrected chi connectivity index (χ1v) is 20.5. The molecule has 1 saturated heterocycles. The predicted molar refractivity (Wildman–Crippen MR) is 220 cm³/mol. The molecule has 320 valence electrons. The molecule has 1 heterocycles. The number of ether oxygens (including phenoxy) is 3. The van der Waals surface area contributed by atoms with Gasteiger partial charge in [-0.1, -0.05) is 67.0 Å². The normalized spacial score (nSPS) is 19.2. The number of phenolic OH excluding ortho intramolecular Hbond substituents is 1. The van der Waals surface area contributed by atoms with Crippen molar-refractivity contribution < 1.29 is 38.5 Å². The van der Waals surface area contributed by atoms with Gasteiger partial charge in [-0.05, 0) is 83.2 Å². The van der Waals surface area contributed by atoms with Gasteiger partial charge in [0.25, 0.3) is 0 Å². The topological polar surface area (TPSA) is 159 Å². The maximum atomic E-state index is 14.3. The minimum absolute atomic E-state index is 0.0263. The quantitative estimate of drug-likeness (QED) is 0.123. The summed E-state index contributed by atoms with van der Waals surface area (Å²) in [7, 11) is 7.04. The van der Waals surface area contributed by atoms with Crippen LogP contribution in [0.1, 0.15) is 100 Å². The summed E-state index contributed by atoms with van der Waals surface area (Å²) in [4.78, 5) is 58.8. The third-order valence-corrected chi connectivity index (χ3v) is 11.2. The molecule has 0 spiro atoms. The van der Waals surface area contributed by atoms with E-state index in [1.54, 1.807) is 61.1 Å². The molecule has 2 rings (SSSR count). The maximum Gasteiger partial charge on any atom is 0.329 e. The number of nitrogens with one attached hydrogen (secondary N) is 3. The van der Waals surface area contributed by atoms with E-state index >= 15 is 0 Å². The van der Waals surface area contributed by atoms with Gasteiger partial charge in [0.05, 0.1) is 36.6 Å². The molecular formula is C43H75N5O8. The second kappa shape index (κ2) is 22.6. The summed E-state index contributed by atoms with van der Waals surface area (Å²) >= 11 is 0. The van der Waals surface area contributed by atoms with Crippen molar-refractivity contribution in [3.05, 3.63) is 29.8 Å². The van der Waals surface area contributed by atoms with Crippen molar-refractivity contribution in [2.75, 3.05) is 41.4 Å². The van der Waals surface area contributed by atoms with Crippen LogP contribution >= 0.6 is 0 Å². The molecule has 1 aromatic carbocycles.